The number of guanidine groups is 1. The number of carbonyl (C=O) groups excluding carboxylic acids is 1. The minimum absolute atomic E-state index is 0.0775. The van der Waals surface area contributed by atoms with Gasteiger partial charge < -0.3 is 20.7 Å². The van der Waals surface area contributed by atoms with Gasteiger partial charge in [-0.15, -0.1) is 0 Å². The van der Waals surface area contributed by atoms with Gasteiger partial charge in [0.2, 0.25) is 5.91 Å². The van der Waals surface area contributed by atoms with E-state index in [0.717, 1.165) is 38.2 Å². The Morgan fingerprint density at radius 1 is 1.22 bits per heavy atom. The minimum Gasteiger partial charge on any atom is -0.377 e. The summed E-state index contributed by atoms with van der Waals surface area (Å²) in [6.45, 7) is 11.1. The third-order valence-corrected chi connectivity index (χ3v) is 4.61. The van der Waals surface area contributed by atoms with Crippen molar-refractivity contribution in [2.75, 3.05) is 31.6 Å². The Morgan fingerprint density at radius 3 is 2.63 bits per heavy atom. The van der Waals surface area contributed by atoms with Gasteiger partial charge in [-0.2, -0.15) is 0 Å². The molecule has 1 aliphatic rings. The van der Waals surface area contributed by atoms with Crippen molar-refractivity contribution in [3.8, 4) is 0 Å². The molecule has 0 spiro atoms. The number of ether oxygens (including phenoxy) is 1. The molecular formula is C21H34N4O2. The van der Waals surface area contributed by atoms with Crippen LogP contribution in [0.3, 0.4) is 0 Å². The van der Waals surface area contributed by atoms with Crippen molar-refractivity contribution in [3.63, 3.8) is 0 Å². The van der Waals surface area contributed by atoms with E-state index in [1.54, 1.807) is 0 Å². The third kappa shape index (κ3) is 7.21. The van der Waals surface area contributed by atoms with Gasteiger partial charge in [0.1, 0.15) is 6.54 Å². The van der Waals surface area contributed by atoms with E-state index in [2.05, 4.69) is 41.7 Å². The largest absolute Gasteiger partial charge is 0.377 e. The molecule has 150 valence electrons. The first-order valence-corrected chi connectivity index (χ1v) is 9.89. The van der Waals surface area contributed by atoms with Gasteiger partial charge in [-0.25, -0.2) is 4.99 Å². The number of para-hydroxylation sites is 1. The van der Waals surface area contributed by atoms with E-state index >= 15 is 0 Å². The van der Waals surface area contributed by atoms with Gasteiger partial charge in [-0.1, -0.05) is 39.0 Å². The predicted molar refractivity (Wildman–Crippen MR) is 111 cm³/mol. The maximum absolute atomic E-state index is 12.1. The molecule has 1 amide bonds. The van der Waals surface area contributed by atoms with Crippen LogP contribution in [0.2, 0.25) is 0 Å². The van der Waals surface area contributed by atoms with Crippen LogP contribution in [0.5, 0.6) is 0 Å². The Kier molecular flexibility index (Phi) is 8.10. The highest BCUT2D eigenvalue weighted by Gasteiger charge is 2.35. The molecule has 0 bridgehead atoms. The van der Waals surface area contributed by atoms with Gasteiger partial charge in [-0.05, 0) is 37.3 Å². The molecule has 27 heavy (non-hydrogen) atoms. The molecule has 1 aromatic rings. The fraction of sp³-hybridized carbons (Fsp3) is 0.619. The first-order chi connectivity index (χ1) is 12.9. The van der Waals surface area contributed by atoms with Crippen molar-refractivity contribution in [1.82, 2.24) is 10.6 Å². The molecule has 1 aromatic carbocycles. The second kappa shape index (κ2) is 10.3. The molecule has 6 nitrogen and oxygen atoms in total. The van der Waals surface area contributed by atoms with Crippen molar-refractivity contribution < 1.29 is 9.53 Å². The van der Waals surface area contributed by atoms with E-state index in [0.29, 0.717) is 11.9 Å². The van der Waals surface area contributed by atoms with Crippen LogP contribution in [-0.4, -0.2) is 44.2 Å². The molecule has 1 heterocycles. The zero-order chi connectivity index (χ0) is 19.7. The molecule has 1 fully saturated rings. The molecule has 0 radical (unpaired) electrons. The number of rotatable bonds is 6. The number of anilines is 1. The van der Waals surface area contributed by atoms with Crippen molar-refractivity contribution in [2.45, 2.75) is 46.6 Å². The van der Waals surface area contributed by atoms with Gasteiger partial charge in [-0.3, -0.25) is 4.79 Å². The monoisotopic (exact) mass is 374 g/mol. The van der Waals surface area contributed by atoms with Crippen LogP contribution in [0.1, 0.15) is 40.5 Å². The first kappa shape index (κ1) is 21.2. The standard InChI is InChI=1S/C21H34N4O2/c1-5-22-20(24-15-18(26)25-17-11-7-6-8-12-17)23-14-16-10-9-13-27-19(16)21(2,3)4/h6-8,11-12,16,19H,5,9-10,13-15H2,1-4H3,(H,25,26)(H2,22,23,24). The highest BCUT2D eigenvalue weighted by Crippen LogP contribution is 2.33. The molecule has 2 atom stereocenters. The zero-order valence-corrected chi connectivity index (χ0v) is 17.0. The van der Waals surface area contributed by atoms with E-state index in [1.807, 2.05) is 37.3 Å². The van der Waals surface area contributed by atoms with Crippen LogP contribution >= 0.6 is 0 Å². The maximum atomic E-state index is 12.1. The topological polar surface area (TPSA) is 74.8 Å². The summed E-state index contributed by atoms with van der Waals surface area (Å²) in [6, 6.07) is 9.42. The van der Waals surface area contributed by atoms with Gasteiger partial charge in [0.25, 0.3) is 0 Å². The Balaban J connectivity index is 1.89. The Labute approximate surface area is 163 Å². The SMILES string of the molecule is CCNC(=NCC(=O)Nc1ccccc1)NCC1CCCOC1C(C)(C)C. The lowest BCUT2D eigenvalue weighted by Crippen LogP contribution is -2.47. The summed E-state index contributed by atoms with van der Waals surface area (Å²) in [5.74, 6) is 0.965. The molecular weight excluding hydrogens is 340 g/mol. The molecule has 2 unspecified atom stereocenters. The van der Waals surface area contributed by atoms with Crippen molar-refractivity contribution in [3.05, 3.63) is 30.3 Å². The van der Waals surface area contributed by atoms with Crippen LogP contribution in [0, 0.1) is 11.3 Å². The summed E-state index contributed by atoms with van der Waals surface area (Å²) in [5, 5.41) is 9.45. The van der Waals surface area contributed by atoms with Crippen molar-refractivity contribution in [1.29, 1.82) is 0 Å². The number of nitrogens with zero attached hydrogens (tertiary/aromatic N) is 1. The van der Waals surface area contributed by atoms with Crippen molar-refractivity contribution >= 4 is 17.6 Å². The normalized spacial score (nSPS) is 20.8. The molecule has 1 aliphatic heterocycles. The maximum Gasteiger partial charge on any atom is 0.246 e. The molecule has 1 saturated heterocycles. The van der Waals surface area contributed by atoms with Crippen LogP contribution in [0.4, 0.5) is 5.69 Å². The fourth-order valence-electron chi connectivity index (χ4n) is 3.45. The highest BCUT2D eigenvalue weighted by atomic mass is 16.5. The van der Waals surface area contributed by atoms with Crippen LogP contribution < -0.4 is 16.0 Å². The smallest absolute Gasteiger partial charge is 0.246 e. The molecule has 3 N–H and O–H groups in total. The number of benzene rings is 1. The summed E-state index contributed by atoms with van der Waals surface area (Å²) in [6.07, 6.45) is 2.46. The predicted octanol–water partition coefficient (Wildman–Crippen LogP) is 3.02. The number of hydrogen-bond donors (Lipinski definition) is 3. The van der Waals surface area contributed by atoms with E-state index in [9.17, 15) is 4.79 Å². The fourth-order valence-corrected chi connectivity index (χ4v) is 3.45. The quantitative estimate of drug-likeness (QED) is 0.528. The number of hydrogen-bond acceptors (Lipinski definition) is 3. The molecule has 2 rings (SSSR count). The molecule has 6 heteroatoms. The average molecular weight is 375 g/mol. The Morgan fingerprint density at radius 2 is 1.96 bits per heavy atom. The zero-order valence-electron chi connectivity index (χ0n) is 17.0. The summed E-state index contributed by atoms with van der Waals surface area (Å²) in [4.78, 5) is 16.5. The van der Waals surface area contributed by atoms with Gasteiger partial charge in [0, 0.05) is 31.3 Å². The minimum atomic E-state index is -0.132. The van der Waals surface area contributed by atoms with Gasteiger partial charge in [0.15, 0.2) is 5.96 Å². The van der Waals surface area contributed by atoms with E-state index in [1.165, 1.54) is 0 Å². The summed E-state index contributed by atoms with van der Waals surface area (Å²) >= 11 is 0. The molecule has 0 aliphatic carbocycles. The molecule has 0 aromatic heterocycles. The summed E-state index contributed by atoms with van der Waals surface area (Å²) < 4.78 is 6.05. The van der Waals surface area contributed by atoms with E-state index < -0.39 is 0 Å². The third-order valence-electron chi connectivity index (χ3n) is 4.61. The van der Waals surface area contributed by atoms with Gasteiger partial charge >= 0.3 is 0 Å². The Hall–Kier alpha value is -2.08. The second-order valence-electron chi connectivity index (χ2n) is 8.05. The number of nitrogens with one attached hydrogen (secondary N) is 3. The summed E-state index contributed by atoms with van der Waals surface area (Å²) in [5.41, 5.74) is 0.890. The lowest BCUT2D eigenvalue weighted by Gasteiger charge is -2.40. The average Bonchev–Trinajstić information content (AvgIpc) is 2.64. The highest BCUT2D eigenvalue weighted by molar-refractivity contribution is 5.94. The Bertz CT molecular complexity index is 610. The van der Waals surface area contributed by atoms with Crippen molar-refractivity contribution in [2.24, 2.45) is 16.3 Å². The van der Waals surface area contributed by atoms with E-state index in [4.69, 9.17) is 4.74 Å². The first-order valence-electron chi connectivity index (χ1n) is 9.89. The number of carbonyl (C=O) groups is 1. The number of amides is 1. The lowest BCUT2D eigenvalue weighted by atomic mass is 9.78. The van der Waals surface area contributed by atoms with Crippen LogP contribution in [0.15, 0.2) is 35.3 Å². The lowest BCUT2D eigenvalue weighted by molar-refractivity contribution is -0.114. The number of aliphatic imine (C=N–C) groups is 1. The van der Waals surface area contributed by atoms with E-state index in [-0.39, 0.29) is 24.0 Å². The van der Waals surface area contributed by atoms with Gasteiger partial charge in [0.05, 0.1) is 6.10 Å². The molecule has 0 saturated carbocycles. The van der Waals surface area contributed by atoms with Crippen LogP contribution in [-0.2, 0) is 9.53 Å². The van der Waals surface area contributed by atoms with Crippen LogP contribution in [0.25, 0.3) is 0 Å². The second-order valence-corrected chi connectivity index (χ2v) is 8.05. The summed E-state index contributed by atoms with van der Waals surface area (Å²) in [7, 11) is 0.